The summed E-state index contributed by atoms with van der Waals surface area (Å²) in [6.45, 7) is 5.10. The zero-order valence-corrected chi connectivity index (χ0v) is 8.79. The predicted octanol–water partition coefficient (Wildman–Crippen LogP) is 0.777. The maximum absolute atomic E-state index is 5.04. The number of likely N-dealkylation sites (N-methyl/N-ethyl adjacent to an activating group) is 1. The molecule has 1 aromatic rings. The summed E-state index contributed by atoms with van der Waals surface area (Å²) in [5, 5.41) is 7.29. The molecule has 1 saturated heterocycles. The van der Waals surface area contributed by atoms with Crippen LogP contribution in [0.15, 0.2) is 10.6 Å². The van der Waals surface area contributed by atoms with Gasteiger partial charge in [0.1, 0.15) is 5.76 Å². The molecule has 1 aliphatic rings. The Balaban J connectivity index is 1.87. The Kier molecular flexibility index (Phi) is 2.84. The number of hydrogen-bond donors (Lipinski definition) is 1. The fourth-order valence-electron chi connectivity index (χ4n) is 1.93. The van der Waals surface area contributed by atoms with Gasteiger partial charge in [0, 0.05) is 31.7 Å². The van der Waals surface area contributed by atoms with Gasteiger partial charge < -0.3 is 9.84 Å². The first-order valence-corrected chi connectivity index (χ1v) is 5.10. The number of aryl methyl sites for hydroxylation is 1. The van der Waals surface area contributed by atoms with Gasteiger partial charge in [-0.2, -0.15) is 0 Å². The molecule has 1 aromatic heterocycles. The molecule has 2 heterocycles. The molecular formula is C10H17N3O. The van der Waals surface area contributed by atoms with E-state index in [1.54, 1.807) is 0 Å². The minimum Gasteiger partial charge on any atom is -0.361 e. The molecule has 2 rings (SSSR count). The Hall–Kier alpha value is -0.870. The van der Waals surface area contributed by atoms with Crippen LogP contribution in [0.5, 0.6) is 0 Å². The van der Waals surface area contributed by atoms with Crippen molar-refractivity contribution in [3.05, 3.63) is 17.5 Å². The number of likely N-dealkylation sites (tertiary alicyclic amines) is 1. The molecule has 1 N–H and O–H groups in total. The first-order chi connectivity index (χ1) is 6.78. The van der Waals surface area contributed by atoms with Gasteiger partial charge in [-0.3, -0.25) is 4.90 Å². The molecule has 0 amide bonds. The number of rotatable bonds is 3. The van der Waals surface area contributed by atoms with Gasteiger partial charge in [0.25, 0.3) is 0 Å². The van der Waals surface area contributed by atoms with Gasteiger partial charge >= 0.3 is 0 Å². The third kappa shape index (κ3) is 2.13. The first-order valence-electron chi connectivity index (χ1n) is 5.10. The molecule has 4 heteroatoms. The third-order valence-corrected chi connectivity index (χ3v) is 2.74. The van der Waals surface area contributed by atoms with Crippen molar-refractivity contribution in [3.63, 3.8) is 0 Å². The van der Waals surface area contributed by atoms with Crippen LogP contribution < -0.4 is 5.32 Å². The summed E-state index contributed by atoms with van der Waals surface area (Å²) in [5.74, 6) is 0.893. The fourth-order valence-corrected chi connectivity index (χ4v) is 1.93. The van der Waals surface area contributed by atoms with Crippen LogP contribution in [0, 0.1) is 6.92 Å². The molecule has 0 aliphatic carbocycles. The molecule has 14 heavy (non-hydrogen) atoms. The van der Waals surface area contributed by atoms with Gasteiger partial charge in [-0.15, -0.1) is 0 Å². The van der Waals surface area contributed by atoms with Crippen molar-refractivity contribution in [1.29, 1.82) is 0 Å². The van der Waals surface area contributed by atoms with Crippen LogP contribution in [0.2, 0.25) is 0 Å². The van der Waals surface area contributed by atoms with Gasteiger partial charge in [0.15, 0.2) is 0 Å². The summed E-state index contributed by atoms with van der Waals surface area (Å²) in [6, 6.07) is 2.65. The Bertz CT molecular complexity index is 297. The number of hydrogen-bond acceptors (Lipinski definition) is 4. The Morgan fingerprint density at radius 1 is 1.71 bits per heavy atom. The van der Waals surface area contributed by atoms with E-state index in [9.17, 15) is 0 Å². The summed E-state index contributed by atoms with van der Waals surface area (Å²) in [5.41, 5.74) is 1.04. The van der Waals surface area contributed by atoms with E-state index in [0.717, 1.165) is 31.1 Å². The van der Waals surface area contributed by atoms with E-state index >= 15 is 0 Å². The lowest BCUT2D eigenvalue weighted by molar-refractivity contribution is 0.305. The standard InChI is InChI=1S/C10H17N3O/c1-8-5-10(12-14-8)7-13-4-3-9(6-13)11-2/h5,9,11H,3-4,6-7H2,1-2H3. The molecule has 0 aromatic carbocycles. The molecule has 1 atom stereocenters. The maximum Gasteiger partial charge on any atom is 0.133 e. The van der Waals surface area contributed by atoms with Gasteiger partial charge in [0.2, 0.25) is 0 Å². The molecular weight excluding hydrogens is 178 g/mol. The fraction of sp³-hybridized carbons (Fsp3) is 0.700. The van der Waals surface area contributed by atoms with Crippen LogP contribution in [0.1, 0.15) is 17.9 Å². The predicted molar refractivity (Wildman–Crippen MR) is 54.0 cm³/mol. The molecule has 0 radical (unpaired) electrons. The van der Waals surface area contributed by atoms with E-state index in [1.165, 1.54) is 6.42 Å². The van der Waals surface area contributed by atoms with Crippen molar-refractivity contribution >= 4 is 0 Å². The smallest absolute Gasteiger partial charge is 0.133 e. The van der Waals surface area contributed by atoms with E-state index in [4.69, 9.17) is 4.52 Å². The Labute approximate surface area is 84.3 Å². The van der Waals surface area contributed by atoms with E-state index < -0.39 is 0 Å². The highest BCUT2D eigenvalue weighted by Crippen LogP contribution is 2.12. The molecule has 1 unspecified atom stereocenters. The quantitative estimate of drug-likeness (QED) is 0.773. The van der Waals surface area contributed by atoms with Crippen LogP contribution in [0.25, 0.3) is 0 Å². The Morgan fingerprint density at radius 3 is 3.14 bits per heavy atom. The number of nitrogens with zero attached hydrogens (tertiary/aromatic N) is 2. The number of nitrogens with one attached hydrogen (secondary N) is 1. The van der Waals surface area contributed by atoms with Crippen molar-refractivity contribution < 1.29 is 4.52 Å². The molecule has 0 saturated carbocycles. The van der Waals surface area contributed by atoms with Crippen LogP contribution in [-0.4, -0.2) is 36.2 Å². The van der Waals surface area contributed by atoms with Crippen LogP contribution >= 0.6 is 0 Å². The highest BCUT2D eigenvalue weighted by atomic mass is 16.5. The second kappa shape index (κ2) is 4.11. The average molecular weight is 195 g/mol. The van der Waals surface area contributed by atoms with Crippen LogP contribution in [-0.2, 0) is 6.54 Å². The van der Waals surface area contributed by atoms with E-state index in [1.807, 2.05) is 20.0 Å². The van der Waals surface area contributed by atoms with Crippen molar-refractivity contribution in [2.24, 2.45) is 0 Å². The Morgan fingerprint density at radius 2 is 2.57 bits per heavy atom. The second-order valence-corrected chi connectivity index (χ2v) is 3.94. The molecule has 78 valence electrons. The SMILES string of the molecule is CNC1CCN(Cc2cc(C)on2)C1. The summed E-state index contributed by atoms with van der Waals surface area (Å²) < 4.78 is 5.04. The van der Waals surface area contributed by atoms with Crippen molar-refractivity contribution in [3.8, 4) is 0 Å². The summed E-state index contributed by atoms with van der Waals surface area (Å²) >= 11 is 0. The maximum atomic E-state index is 5.04. The monoisotopic (exact) mass is 195 g/mol. The minimum absolute atomic E-state index is 0.642. The summed E-state index contributed by atoms with van der Waals surface area (Å²) in [4.78, 5) is 2.40. The minimum atomic E-state index is 0.642. The normalized spacial score (nSPS) is 23.1. The molecule has 4 nitrogen and oxygen atoms in total. The molecule has 1 fully saturated rings. The average Bonchev–Trinajstić information content (AvgIpc) is 2.76. The molecule has 0 bridgehead atoms. The first kappa shape index (κ1) is 9.68. The van der Waals surface area contributed by atoms with E-state index in [2.05, 4.69) is 15.4 Å². The van der Waals surface area contributed by atoms with Crippen molar-refractivity contribution in [2.75, 3.05) is 20.1 Å². The van der Waals surface area contributed by atoms with Gasteiger partial charge in [-0.1, -0.05) is 5.16 Å². The van der Waals surface area contributed by atoms with Gasteiger partial charge in [-0.25, -0.2) is 0 Å². The van der Waals surface area contributed by atoms with Crippen molar-refractivity contribution in [2.45, 2.75) is 25.9 Å². The van der Waals surface area contributed by atoms with E-state index in [-0.39, 0.29) is 0 Å². The van der Waals surface area contributed by atoms with Crippen molar-refractivity contribution in [1.82, 2.24) is 15.4 Å². The van der Waals surface area contributed by atoms with Crippen LogP contribution in [0.4, 0.5) is 0 Å². The van der Waals surface area contributed by atoms with Crippen LogP contribution in [0.3, 0.4) is 0 Å². The van der Waals surface area contributed by atoms with Gasteiger partial charge in [0.05, 0.1) is 5.69 Å². The highest BCUT2D eigenvalue weighted by Gasteiger charge is 2.21. The van der Waals surface area contributed by atoms with E-state index in [0.29, 0.717) is 6.04 Å². The zero-order chi connectivity index (χ0) is 9.97. The highest BCUT2D eigenvalue weighted by molar-refractivity contribution is 5.03. The second-order valence-electron chi connectivity index (χ2n) is 3.94. The lowest BCUT2D eigenvalue weighted by Crippen LogP contribution is -2.29. The molecule has 1 aliphatic heterocycles. The zero-order valence-electron chi connectivity index (χ0n) is 8.79. The summed E-state index contributed by atoms with van der Waals surface area (Å²) in [6.07, 6.45) is 1.23. The van der Waals surface area contributed by atoms with Gasteiger partial charge in [-0.05, 0) is 20.4 Å². The number of aromatic nitrogens is 1. The largest absolute Gasteiger partial charge is 0.361 e. The lowest BCUT2D eigenvalue weighted by atomic mass is 10.3. The molecule has 0 spiro atoms. The topological polar surface area (TPSA) is 41.3 Å². The third-order valence-electron chi connectivity index (χ3n) is 2.74. The summed E-state index contributed by atoms with van der Waals surface area (Å²) in [7, 11) is 2.02. The lowest BCUT2D eigenvalue weighted by Gasteiger charge is -2.13.